The molecule has 144 valence electrons. The van der Waals surface area contributed by atoms with E-state index in [1.165, 1.54) is 7.11 Å². The molecule has 0 amide bonds. The van der Waals surface area contributed by atoms with Crippen LogP contribution in [0.25, 0.3) is 5.52 Å². The Labute approximate surface area is 169 Å². The van der Waals surface area contributed by atoms with Crippen molar-refractivity contribution in [3.05, 3.63) is 101 Å². The number of nitriles is 1. The van der Waals surface area contributed by atoms with Crippen LogP contribution in [0.1, 0.15) is 34.9 Å². The van der Waals surface area contributed by atoms with Gasteiger partial charge in [0.2, 0.25) is 0 Å². The molecule has 0 spiro atoms. The molecule has 1 N–H and O–H groups in total. The number of hydrogen-bond acceptors (Lipinski definition) is 4. The van der Waals surface area contributed by atoms with Crippen LogP contribution in [-0.2, 0) is 12.0 Å². The summed E-state index contributed by atoms with van der Waals surface area (Å²) in [5, 5.41) is 26.4. The highest BCUT2D eigenvalue weighted by Crippen LogP contribution is 2.39. The minimum atomic E-state index is -1.43. The maximum Gasteiger partial charge on any atom is 0.159 e. The van der Waals surface area contributed by atoms with Gasteiger partial charge in [-0.1, -0.05) is 67.6 Å². The number of methoxy groups -OCH3 is 1. The van der Waals surface area contributed by atoms with Crippen LogP contribution < -0.4 is 4.74 Å². The second-order valence-corrected chi connectivity index (χ2v) is 6.82. The van der Waals surface area contributed by atoms with Gasteiger partial charge in [0, 0.05) is 5.56 Å². The minimum absolute atomic E-state index is 0.434. The molecule has 0 saturated carbocycles. The van der Waals surface area contributed by atoms with Crippen molar-refractivity contribution in [2.75, 3.05) is 7.11 Å². The lowest BCUT2D eigenvalue weighted by atomic mass is 9.81. The van der Waals surface area contributed by atoms with E-state index >= 15 is 0 Å². The summed E-state index contributed by atoms with van der Waals surface area (Å²) in [6, 6.07) is 23.0. The molecule has 0 saturated heterocycles. The Hall–Kier alpha value is -3.62. The number of ether oxygens (including phenoxy) is 1. The standard InChI is InChI=1S/C24H21N3O2/c1-3-20-21-14-17(15-25)22(29-2)16-27(21)26-23(20)24(28,18-10-6-4-7-11-18)19-12-8-5-9-13-19/h4-14,16,28H,3H2,1-2H3. The number of nitrogens with zero attached hydrogens (tertiary/aromatic N) is 3. The molecule has 29 heavy (non-hydrogen) atoms. The van der Waals surface area contributed by atoms with Crippen molar-refractivity contribution in [3.63, 3.8) is 0 Å². The summed E-state index contributed by atoms with van der Waals surface area (Å²) in [5.41, 5.74) is 2.69. The van der Waals surface area contributed by atoms with E-state index in [0.717, 1.165) is 22.2 Å². The molecule has 0 radical (unpaired) electrons. The third-order valence-electron chi connectivity index (χ3n) is 5.26. The van der Waals surface area contributed by atoms with Gasteiger partial charge in [0.1, 0.15) is 11.8 Å². The predicted octanol–water partition coefficient (Wildman–Crippen LogP) is 4.06. The Bertz CT molecular complexity index is 1150. The van der Waals surface area contributed by atoms with Crippen molar-refractivity contribution >= 4 is 5.52 Å². The molecule has 4 aromatic rings. The molecule has 2 heterocycles. The number of benzene rings is 2. The van der Waals surface area contributed by atoms with Gasteiger partial charge in [0.05, 0.1) is 24.4 Å². The number of fused-ring (bicyclic) bond motifs is 1. The van der Waals surface area contributed by atoms with Crippen molar-refractivity contribution in [1.82, 2.24) is 9.61 Å². The van der Waals surface area contributed by atoms with Crippen LogP contribution in [0.15, 0.2) is 72.9 Å². The Morgan fingerprint density at radius 3 is 2.14 bits per heavy atom. The summed E-state index contributed by atoms with van der Waals surface area (Å²) >= 11 is 0. The summed E-state index contributed by atoms with van der Waals surface area (Å²) in [6.45, 7) is 2.02. The Morgan fingerprint density at radius 2 is 1.66 bits per heavy atom. The van der Waals surface area contributed by atoms with Crippen molar-refractivity contribution in [2.24, 2.45) is 0 Å². The summed E-state index contributed by atoms with van der Waals surface area (Å²) in [6.07, 6.45) is 2.34. The monoisotopic (exact) mass is 383 g/mol. The fraction of sp³-hybridized carbons (Fsp3) is 0.167. The molecule has 2 aromatic heterocycles. The summed E-state index contributed by atoms with van der Waals surface area (Å²) < 4.78 is 7.02. The third kappa shape index (κ3) is 2.95. The number of pyridine rings is 1. The van der Waals surface area contributed by atoms with E-state index in [9.17, 15) is 10.4 Å². The summed E-state index contributed by atoms with van der Waals surface area (Å²) in [5.74, 6) is 0.444. The topological polar surface area (TPSA) is 70.6 Å². The minimum Gasteiger partial charge on any atom is -0.494 e. The first kappa shape index (κ1) is 18.7. The molecule has 0 bridgehead atoms. The largest absolute Gasteiger partial charge is 0.494 e. The van der Waals surface area contributed by atoms with Gasteiger partial charge in [-0.3, -0.25) is 0 Å². The Balaban J connectivity index is 2.07. The lowest BCUT2D eigenvalue weighted by molar-refractivity contribution is 0.119. The molecule has 0 fully saturated rings. The van der Waals surface area contributed by atoms with Gasteiger partial charge in [0.15, 0.2) is 11.4 Å². The Kier molecular flexibility index (Phi) is 4.79. The van der Waals surface area contributed by atoms with E-state index in [1.54, 1.807) is 16.8 Å². The second kappa shape index (κ2) is 7.42. The van der Waals surface area contributed by atoms with Crippen LogP contribution in [0, 0.1) is 11.3 Å². The first-order chi connectivity index (χ1) is 14.1. The number of hydrogen-bond donors (Lipinski definition) is 1. The summed E-state index contributed by atoms with van der Waals surface area (Å²) in [7, 11) is 1.53. The molecular weight excluding hydrogens is 362 g/mol. The molecule has 4 rings (SSSR count). The molecule has 0 unspecified atom stereocenters. The third-order valence-corrected chi connectivity index (χ3v) is 5.26. The SMILES string of the molecule is CCc1c(C(O)(c2ccccc2)c2ccccc2)nn2cc(OC)c(C#N)cc12. The van der Waals surface area contributed by atoms with Crippen LogP contribution in [0.3, 0.4) is 0 Å². The lowest BCUT2D eigenvalue weighted by Gasteiger charge is -2.28. The molecular formula is C24H21N3O2. The highest BCUT2D eigenvalue weighted by molar-refractivity contribution is 5.65. The van der Waals surface area contributed by atoms with E-state index in [0.29, 0.717) is 23.4 Å². The Morgan fingerprint density at radius 1 is 1.07 bits per heavy atom. The molecule has 2 aromatic carbocycles. The maximum atomic E-state index is 12.1. The lowest BCUT2D eigenvalue weighted by Crippen LogP contribution is -2.30. The van der Waals surface area contributed by atoms with Crippen molar-refractivity contribution in [1.29, 1.82) is 5.26 Å². The second-order valence-electron chi connectivity index (χ2n) is 6.82. The average Bonchev–Trinajstić information content (AvgIpc) is 3.16. The van der Waals surface area contributed by atoms with Crippen molar-refractivity contribution < 1.29 is 9.84 Å². The van der Waals surface area contributed by atoms with E-state index in [-0.39, 0.29) is 0 Å². The van der Waals surface area contributed by atoms with E-state index < -0.39 is 5.60 Å². The average molecular weight is 383 g/mol. The number of aryl methyl sites for hydroxylation is 1. The van der Waals surface area contributed by atoms with E-state index in [2.05, 4.69) is 6.07 Å². The fourth-order valence-electron chi connectivity index (χ4n) is 3.81. The van der Waals surface area contributed by atoms with Crippen LogP contribution in [-0.4, -0.2) is 21.8 Å². The van der Waals surface area contributed by atoms with Gasteiger partial charge in [-0.05, 0) is 23.6 Å². The van der Waals surface area contributed by atoms with Crippen LogP contribution in [0.5, 0.6) is 5.75 Å². The number of aromatic nitrogens is 2. The quantitative estimate of drug-likeness (QED) is 0.564. The molecule has 0 aliphatic rings. The highest BCUT2D eigenvalue weighted by Gasteiger charge is 2.38. The molecule has 0 atom stereocenters. The molecule has 5 nitrogen and oxygen atoms in total. The zero-order valence-corrected chi connectivity index (χ0v) is 16.3. The van der Waals surface area contributed by atoms with Gasteiger partial charge in [-0.2, -0.15) is 10.4 Å². The first-order valence-electron chi connectivity index (χ1n) is 9.46. The van der Waals surface area contributed by atoms with Crippen LogP contribution >= 0.6 is 0 Å². The van der Waals surface area contributed by atoms with Gasteiger partial charge in [0.25, 0.3) is 0 Å². The molecule has 5 heteroatoms. The van der Waals surface area contributed by atoms with Gasteiger partial charge in [-0.15, -0.1) is 0 Å². The number of aliphatic hydroxyl groups is 1. The van der Waals surface area contributed by atoms with E-state index in [1.807, 2.05) is 67.6 Å². The van der Waals surface area contributed by atoms with Crippen molar-refractivity contribution in [3.8, 4) is 11.8 Å². The fourth-order valence-corrected chi connectivity index (χ4v) is 3.81. The van der Waals surface area contributed by atoms with Gasteiger partial charge in [-0.25, -0.2) is 4.52 Å². The van der Waals surface area contributed by atoms with Crippen LogP contribution in [0.4, 0.5) is 0 Å². The molecule has 0 aliphatic carbocycles. The number of rotatable bonds is 5. The predicted molar refractivity (Wildman–Crippen MR) is 111 cm³/mol. The van der Waals surface area contributed by atoms with Gasteiger partial charge < -0.3 is 9.84 Å². The van der Waals surface area contributed by atoms with Gasteiger partial charge >= 0.3 is 0 Å². The molecule has 0 aliphatic heterocycles. The highest BCUT2D eigenvalue weighted by atomic mass is 16.5. The summed E-state index contributed by atoms with van der Waals surface area (Å²) in [4.78, 5) is 0. The normalized spacial score (nSPS) is 11.4. The zero-order chi connectivity index (χ0) is 20.4. The smallest absolute Gasteiger partial charge is 0.159 e. The van der Waals surface area contributed by atoms with E-state index in [4.69, 9.17) is 9.84 Å². The van der Waals surface area contributed by atoms with Crippen molar-refractivity contribution in [2.45, 2.75) is 18.9 Å². The maximum absolute atomic E-state index is 12.1. The van der Waals surface area contributed by atoms with Crippen LogP contribution in [0.2, 0.25) is 0 Å². The first-order valence-corrected chi connectivity index (χ1v) is 9.46. The zero-order valence-electron chi connectivity index (χ0n) is 16.3.